The summed E-state index contributed by atoms with van der Waals surface area (Å²) < 4.78 is 6.84. The topological polar surface area (TPSA) is 106 Å². The molecule has 3 rings (SSSR count). The Bertz CT molecular complexity index is 1070. The quantitative estimate of drug-likeness (QED) is 0.262. The summed E-state index contributed by atoms with van der Waals surface area (Å²) in [7, 11) is 1.57. The number of Topliss-reactive ketones (excluding diaryl/α,β-unsaturated/α-hetero) is 1. The number of hydrogen-bond acceptors (Lipinski definition) is 7. The number of thioether (sulfide) groups is 1. The van der Waals surface area contributed by atoms with Crippen molar-refractivity contribution in [1.82, 2.24) is 20.1 Å². The fourth-order valence-corrected chi connectivity index (χ4v) is 3.83. The van der Waals surface area contributed by atoms with Crippen molar-refractivity contribution >= 4 is 23.5 Å². The number of nitrogens with one attached hydrogen (secondary N) is 1. The van der Waals surface area contributed by atoms with Crippen LogP contribution in [-0.2, 0) is 6.54 Å². The first-order valence-corrected chi connectivity index (χ1v) is 10.9. The number of methoxy groups -OCH3 is 1. The molecule has 1 amide bonds. The lowest BCUT2D eigenvalue weighted by Gasteiger charge is -2.17. The molecule has 0 saturated carbocycles. The average Bonchev–Trinajstić information content (AvgIpc) is 3.24. The van der Waals surface area contributed by atoms with Gasteiger partial charge in [-0.25, -0.2) is 0 Å². The highest BCUT2D eigenvalue weighted by molar-refractivity contribution is 7.99. The number of benzene rings is 2. The van der Waals surface area contributed by atoms with Gasteiger partial charge >= 0.3 is 0 Å². The van der Waals surface area contributed by atoms with Crippen LogP contribution in [0.5, 0.6) is 5.75 Å². The second-order valence-corrected chi connectivity index (χ2v) is 7.70. The largest absolute Gasteiger partial charge is 0.497 e. The number of allylic oxidation sites excluding steroid dienone is 1. The van der Waals surface area contributed by atoms with E-state index in [4.69, 9.17) is 4.74 Å². The molecule has 166 valence electrons. The highest BCUT2D eigenvalue weighted by Crippen LogP contribution is 2.23. The standard InChI is InChI=1S/C23H24N4O4S/c1-3-13-27-21(19(14-28)24-22(30)17-7-5-4-6-8-17)25-26-23(27)32-15-20(29)16-9-11-18(31-2)12-10-16/h3-12,19,28H,1,13-15H2,2H3,(H,24,30)/t19-/m0/s1. The molecule has 0 bridgehead atoms. The summed E-state index contributed by atoms with van der Waals surface area (Å²) in [5.41, 5.74) is 1.04. The van der Waals surface area contributed by atoms with E-state index in [9.17, 15) is 14.7 Å². The molecule has 0 aliphatic heterocycles. The van der Waals surface area contributed by atoms with Crippen LogP contribution in [0.25, 0.3) is 0 Å². The number of aliphatic hydroxyl groups is 1. The highest BCUT2D eigenvalue weighted by Gasteiger charge is 2.23. The molecule has 32 heavy (non-hydrogen) atoms. The van der Waals surface area contributed by atoms with Crippen LogP contribution < -0.4 is 10.1 Å². The second kappa shape index (κ2) is 11.3. The Labute approximate surface area is 190 Å². The van der Waals surface area contributed by atoms with Crippen LogP contribution in [-0.4, -0.2) is 51.0 Å². The van der Waals surface area contributed by atoms with Crippen LogP contribution in [0.15, 0.2) is 72.4 Å². The van der Waals surface area contributed by atoms with E-state index in [0.717, 1.165) is 0 Å². The number of amides is 1. The van der Waals surface area contributed by atoms with E-state index in [1.54, 1.807) is 66.3 Å². The molecule has 2 N–H and O–H groups in total. The number of rotatable bonds is 11. The van der Waals surface area contributed by atoms with Crippen molar-refractivity contribution in [2.75, 3.05) is 19.5 Å². The van der Waals surface area contributed by atoms with Crippen LogP contribution in [0.2, 0.25) is 0 Å². The Morgan fingerprint density at radius 3 is 2.50 bits per heavy atom. The Hall–Kier alpha value is -3.43. The SMILES string of the molecule is C=CCn1c(SCC(=O)c2ccc(OC)cc2)nnc1[C@H](CO)NC(=O)c1ccccc1. The van der Waals surface area contributed by atoms with Crippen molar-refractivity contribution in [3.63, 3.8) is 0 Å². The summed E-state index contributed by atoms with van der Waals surface area (Å²) >= 11 is 1.23. The molecule has 1 atom stereocenters. The third-order valence-electron chi connectivity index (χ3n) is 4.64. The van der Waals surface area contributed by atoms with Gasteiger partial charge in [-0.3, -0.25) is 9.59 Å². The zero-order valence-electron chi connectivity index (χ0n) is 17.6. The smallest absolute Gasteiger partial charge is 0.251 e. The molecule has 2 aromatic carbocycles. The average molecular weight is 453 g/mol. The van der Waals surface area contributed by atoms with Gasteiger partial charge in [-0.2, -0.15) is 0 Å². The van der Waals surface area contributed by atoms with Crippen LogP contribution in [0.4, 0.5) is 0 Å². The molecule has 0 aliphatic carbocycles. The first-order chi connectivity index (χ1) is 15.6. The number of carbonyl (C=O) groups is 2. The molecule has 3 aromatic rings. The van der Waals surface area contributed by atoms with E-state index in [2.05, 4.69) is 22.1 Å². The zero-order valence-corrected chi connectivity index (χ0v) is 18.4. The van der Waals surface area contributed by atoms with E-state index >= 15 is 0 Å². The summed E-state index contributed by atoms with van der Waals surface area (Å²) in [6.07, 6.45) is 1.66. The molecule has 1 heterocycles. The molecule has 0 aliphatic rings. The highest BCUT2D eigenvalue weighted by atomic mass is 32.2. The molecular formula is C23H24N4O4S. The van der Waals surface area contributed by atoms with Crippen molar-refractivity contribution in [3.8, 4) is 5.75 Å². The minimum Gasteiger partial charge on any atom is -0.497 e. The summed E-state index contributed by atoms with van der Waals surface area (Å²) in [6, 6.07) is 14.8. The molecule has 8 nitrogen and oxygen atoms in total. The monoisotopic (exact) mass is 452 g/mol. The van der Waals surface area contributed by atoms with Crippen molar-refractivity contribution in [2.24, 2.45) is 0 Å². The third-order valence-corrected chi connectivity index (χ3v) is 5.60. The number of ether oxygens (including phenoxy) is 1. The first-order valence-electron chi connectivity index (χ1n) is 9.88. The maximum Gasteiger partial charge on any atom is 0.251 e. The first kappa shape index (κ1) is 23.2. The Morgan fingerprint density at radius 1 is 1.16 bits per heavy atom. The van der Waals surface area contributed by atoms with Crippen LogP contribution in [0.1, 0.15) is 32.6 Å². The van der Waals surface area contributed by atoms with Gasteiger partial charge in [0.05, 0.1) is 19.5 Å². The maximum atomic E-state index is 12.5. The number of ketones is 1. The summed E-state index contributed by atoms with van der Waals surface area (Å²) in [5.74, 6) is 0.820. The predicted octanol–water partition coefficient (Wildman–Crippen LogP) is 2.91. The number of hydrogen-bond donors (Lipinski definition) is 2. The van der Waals surface area contributed by atoms with Crippen molar-refractivity contribution in [1.29, 1.82) is 0 Å². The second-order valence-electron chi connectivity index (χ2n) is 6.76. The molecular weight excluding hydrogens is 428 g/mol. The van der Waals surface area contributed by atoms with Crippen LogP contribution >= 0.6 is 11.8 Å². The van der Waals surface area contributed by atoms with Crippen molar-refractivity contribution in [2.45, 2.75) is 17.7 Å². The minimum atomic E-state index is -0.762. The number of aromatic nitrogens is 3. The van der Waals surface area contributed by atoms with E-state index in [-0.39, 0.29) is 24.1 Å². The van der Waals surface area contributed by atoms with E-state index in [0.29, 0.717) is 34.4 Å². The van der Waals surface area contributed by atoms with E-state index in [1.165, 1.54) is 11.8 Å². The minimum absolute atomic E-state index is 0.0663. The van der Waals surface area contributed by atoms with Crippen LogP contribution in [0, 0.1) is 0 Å². The van der Waals surface area contributed by atoms with Gasteiger partial charge in [0.15, 0.2) is 16.8 Å². The fraction of sp³-hybridized carbons (Fsp3) is 0.217. The Kier molecular flexibility index (Phi) is 8.18. The van der Waals surface area contributed by atoms with Gasteiger partial charge in [0.2, 0.25) is 0 Å². The third kappa shape index (κ3) is 5.63. The molecule has 9 heteroatoms. The van der Waals surface area contributed by atoms with Gasteiger partial charge in [-0.1, -0.05) is 36.0 Å². The Balaban J connectivity index is 1.73. The molecule has 0 radical (unpaired) electrons. The van der Waals surface area contributed by atoms with E-state index in [1.807, 2.05) is 6.07 Å². The molecule has 0 saturated heterocycles. The summed E-state index contributed by atoms with van der Waals surface area (Å²) in [6.45, 7) is 3.76. The Morgan fingerprint density at radius 2 is 1.88 bits per heavy atom. The zero-order chi connectivity index (χ0) is 22.9. The molecule has 0 unspecified atom stereocenters. The van der Waals surface area contributed by atoms with Gasteiger partial charge in [0, 0.05) is 17.7 Å². The van der Waals surface area contributed by atoms with Gasteiger partial charge in [0.1, 0.15) is 11.8 Å². The molecule has 1 aromatic heterocycles. The van der Waals surface area contributed by atoms with Gasteiger partial charge in [0.25, 0.3) is 5.91 Å². The van der Waals surface area contributed by atoms with E-state index < -0.39 is 6.04 Å². The summed E-state index contributed by atoms with van der Waals surface area (Å²) in [4.78, 5) is 25.1. The van der Waals surface area contributed by atoms with Crippen molar-refractivity contribution in [3.05, 3.63) is 84.2 Å². The number of nitrogens with zero attached hydrogens (tertiary/aromatic N) is 3. The summed E-state index contributed by atoms with van der Waals surface area (Å²) in [5, 5.41) is 21.5. The lowest BCUT2D eigenvalue weighted by molar-refractivity contribution is 0.0911. The normalized spacial score (nSPS) is 11.6. The molecule has 0 spiro atoms. The van der Waals surface area contributed by atoms with Gasteiger partial charge < -0.3 is 19.7 Å². The van der Waals surface area contributed by atoms with Gasteiger partial charge in [-0.05, 0) is 36.4 Å². The number of carbonyl (C=O) groups excluding carboxylic acids is 2. The lowest BCUT2D eigenvalue weighted by atomic mass is 10.1. The van der Waals surface area contributed by atoms with Crippen LogP contribution in [0.3, 0.4) is 0 Å². The fourth-order valence-electron chi connectivity index (χ4n) is 2.98. The predicted molar refractivity (Wildman–Crippen MR) is 122 cm³/mol. The number of aliphatic hydroxyl groups excluding tert-OH is 1. The lowest BCUT2D eigenvalue weighted by Crippen LogP contribution is -2.32. The molecule has 0 fully saturated rings. The maximum absolute atomic E-state index is 12.5. The van der Waals surface area contributed by atoms with Crippen molar-refractivity contribution < 1.29 is 19.4 Å². The van der Waals surface area contributed by atoms with Gasteiger partial charge in [-0.15, -0.1) is 16.8 Å².